The van der Waals surface area contributed by atoms with Gasteiger partial charge in [0.25, 0.3) is 0 Å². The molecule has 0 saturated heterocycles. The molecule has 2 amide bonds. The van der Waals surface area contributed by atoms with E-state index in [2.05, 4.69) is 20.6 Å². The quantitative estimate of drug-likeness (QED) is 0.294. The molecule has 3 aromatic rings. The van der Waals surface area contributed by atoms with E-state index in [1.165, 1.54) is 11.8 Å². The van der Waals surface area contributed by atoms with E-state index in [1.54, 1.807) is 30.5 Å². The highest BCUT2D eigenvalue weighted by Crippen LogP contribution is 2.39. The van der Waals surface area contributed by atoms with Crippen molar-refractivity contribution in [3.8, 4) is 5.75 Å². The number of nitrogens with two attached hydrogens (primary N) is 1. The molecule has 0 aliphatic carbocycles. The second kappa shape index (κ2) is 12.5. The van der Waals surface area contributed by atoms with E-state index in [1.807, 2.05) is 32.9 Å². The molecule has 0 bridgehead atoms. The topological polar surface area (TPSA) is 153 Å². The molecule has 1 unspecified atom stereocenters. The van der Waals surface area contributed by atoms with Gasteiger partial charge in [-0.1, -0.05) is 49.1 Å². The molecule has 0 radical (unpaired) electrons. The first-order chi connectivity index (χ1) is 17.4. The maximum Gasteiger partial charge on any atom is 0.235 e. The summed E-state index contributed by atoms with van der Waals surface area (Å²) >= 11 is 2.24. The summed E-state index contributed by atoms with van der Waals surface area (Å²) in [5, 5.41) is 4.64. The van der Waals surface area contributed by atoms with Crippen LogP contribution < -0.4 is 21.1 Å². The molecule has 2 aromatic heterocycles. The Balaban J connectivity index is 1.72. The molecule has 198 valence electrons. The van der Waals surface area contributed by atoms with E-state index < -0.39 is 33.4 Å². The maximum absolute atomic E-state index is 12.6. The van der Waals surface area contributed by atoms with Crippen molar-refractivity contribution in [1.82, 2.24) is 9.97 Å². The third kappa shape index (κ3) is 8.52. The van der Waals surface area contributed by atoms with Crippen molar-refractivity contribution in [3.05, 3.63) is 53.9 Å². The Labute approximate surface area is 224 Å². The fourth-order valence-corrected chi connectivity index (χ4v) is 5.82. The van der Waals surface area contributed by atoms with Gasteiger partial charge < -0.3 is 21.1 Å². The van der Waals surface area contributed by atoms with E-state index in [-0.39, 0.29) is 10.8 Å². The lowest BCUT2D eigenvalue weighted by Crippen LogP contribution is -2.23. The molecule has 10 nitrogen and oxygen atoms in total. The first-order valence-electron chi connectivity index (χ1n) is 11.3. The molecule has 4 N–H and O–H groups in total. The van der Waals surface area contributed by atoms with Crippen LogP contribution in [-0.2, 0) is 19.4 Å². The summed E-state index contributed by atoms with van der Waals surface area (Å²) < 4.78 is 30.4. The average molecular weight is 564 g/mol. The summed E-state index contributed by atoms with van der Waals surface area (Å²) in [7, 11) is -3.66. The zero-order chi connectivity index (χ0) is 27.2. The van der Waals surface area contributed by atoms with Crippen LogP contribution in [0.4, 0.5) is 10.8 Å². The third-order valence-electron chi connectivity index (χ3n) is 4.74. The maximum atomic E-state index is 12.6. The molecular formula is C24H29N5O5S3. The Morgan fingerprint density at radius 1 is 1.16 bits per heavy atom. The smallest absolute Gasteiger partial charge is 0.235 e. The van der Waals surface area contributed by atoms with Crippen molar-refractivity contribution in [1.29, 1.82) is 0 Å². The monoisotopic (exact) mass is 563 g/mol. The number of hydrogen-bond donors (Lipinski definition) is 3. The highest BCUT2D eigenvalue weighted by molar-refractivity contribution is 8.01. The number of sulfone groups is 1. The molecule has 1 aromatic carbocycles. The van der Waals surface area contributed by atoms with Crippen LogP contribution in [0.5, 0.6) is 5.75 Å². The number of benzene rings is 1. The second-order valence-electron chi connectivity index (χ2n) is 8.69. The Morgan fingerprint density at radius 3 is 2.54 bits per heavy atom. The number of amides is 2. The summed E-state index contributed by atoms with van der Waals surface area (Å²) in [6.45, 7) is 6.43. The Bertz CT molecular complexity index is 1360. The number of thiazole rings is 1. The van der Waals surface area contributed by atoms with E-state index >= 15 is 0 Å². The van der Waals surface area contributed by atoms with E-state index in [0.717, 1.165) is 23.2 Å². The molecule has 37 heavy (non-hydrogen) atoms. The van der Waals surface area contributed by atoms with Gasteiger partial charge in [-0.2, -0.15) is 0 Å². The van der Waals surface area contributed by atoms with Gasteiger partial charge in [0, 0.05) is 12.5 Å². The normalized spacial score (nSPS) is 12.3. The molecule has 0 spiro atoms. The lowest BCUT2D eigenvalue weighted by atomic mass is 10.2. The van der Waals surface area contributed by atoms with E-state index in [4.69, 9.17) is 10.5 Å². The minimum atomic E-state index is -3.66. The van der Waals surface area contributed by atoms with Crippen LogP contribution in [0.2, 0.25) is 0 Å². The van der Waals surface area contributed by atoms with Gasteiger partial charge in [-0.25, -0.2) is 18.4 Å². The predicted molar refractivity (Wildman–Crippen MR) is 146 cm³/mol. The molecule has 0 aliphatic heterocycles. The summed E-state index contributed by atoms with van der Waals surface area (Å²) in [5.74, 6) is -0.326. The lowest BCUT2D eigenvalue weighted by Gasteiger charge is -2.14. The van der Waals surface area contributed by atoms with E-state index in [0.29, 0.717) is 33.2 Å². The van der Waals surface area contributed by atoms with Gasteiger partial charge >= 0.3 is 0 Å². The van der Waals surface area contributed by atoms with Crippen LogP contribution in [0.3, 0.4) is 0 Å². The minimum Gasteiger partial charge on any atom is -0.491 e. The zero-order valence-corrected chi connectivity index (χ0v) is 23.3. The summed E-state index contributed by atoms with van der Waals surface area (Å²) in [5.41, 5.74) is 7.48. The van der Waals surface area contributed by atoms with Crippen molar-refractivity contribution in [2.75, 3.05) is 23.5 Å². The largest absolute Gasteiger partial charge is 0.491 e. The van der Waals surface area contributed by atoms with Crippen molar-refractivity contribution < 1.29 is 22.7 Å². The minimum absolute atomic E-state index is 0.106. The Morgan fingerprint density at radius 2 is 1.89 bits per heavy atom. The average Bonchev–Trinajstić information content (AvgIpc) is 3.19. The molecule has 1 atom stereocenters. The highest BCUT2D eigenvalue weighted by atomic mass is 32.2. The number of carbonyl (C=O) groups excluding carboxylic acids is 2. The van der Waals surface area contributed by atoms with Gasteiger partial charge in [0.2, 0.25) is 11.8 Å². The number of hydrogen-bond acceptors (Lipinski definition) is 10. The van der Waals surface area contributed by atoms with Gasteiger partial charge in [-0.3, -0.25) is 9.59 Å². The van der Waals surface area contributed by atoms with Crippen molar-refractivity contribution in [2.45, 2.75) is 41.8 Å². The first-order valence-corrected chi connectivity index (χ1v) is 14.9. The van der Waals surface area contributed by atoms with Gasteiger partial charge in [0.05, 0.1) is 16.5 Å². The molecule has 0 fully saturated rings. The standard InChI is InChI=1S/C24H29N5O5S3/c1-14(2)13-34-17-11-15(3)8-9-16(17)27-18(30)12-19(31)28-24-29-21(22(25)37(4,32)33)23(36-24)35-20-7-5-6-10-26-20/h5-11,14,22H,12-13,25H2,1-4H3,(H,27,30)(H,28,29,31). The van der Waals surface area contributed by atoms with Gasteiger partial charge in [0.1, 0.15) is 22.9 Å². The number of ether oxygens (including phenoxy) is 1. The van der Waals surface area contributed by atoms with Crippen molar-refractivity contribution in [2.24, 2.45) is 11.7 Å². The van der Waals surface area contributed by atoms with Gasteiger partial charge in [-0.05, 0) is 42.7 Å². The van der Waals surface area contributed by atoms with Crippen molar-refractivity contribution in [3.63, 3.8) is 0 Å². The predicted octanol–water partition coefficient (Wildman–Crippen LogP) is 4.00. The number of nitrogens with one attached hydrogen (secondary N) is 2. The Hall–Kier alpha value is -3.00. The molecule has 2 heterocycles. The van der Waals surface area contributed by atoms with Crippen molar-refractivity contribution >= 4 is 55.6 Å². The zero-order valence-electron chi connectivity index (χ0n) is 20.8. The van der Waals surface area contributed by atoms with Crippen LogP contribution in [0.25, 0.3) is 0 Å². The first kappa shape index (κ1) is 28.6. The van der Waals surface area contributed by atoms with Gasteiger partial charge in [0.15, 0.2) is 20.3 Å². The molecular weight excluding hydrogens is 534 g/mol. The number of carbonyl (C=O) groups is 2. The summed E-state index contributed by atoms with van der Waals surface area (Å²) in [6.07, 6.45) is 2.14. The molecule has 0 saturated carbocycles. The number of anilines is 2. The number of aryl methyl sites for hydroxylation is 1. The SMILES string of the molecule is Cc1ccc(NC(=O)CC(=O)Nc2nc(C(N)S(C)(=O)=O)c(Sc3ccccn3)s2)c(OCC(C)C)c1. The lowest BCUT2D eigenvalue weighted by molar-refractivity contribution is -0.123. The number of aromatic nitrogens is 2. The summed E-state index contributed by atoms with van der Waals surface area (Å²) in [4.78, 5) is 33.7. The van der Waals surface area contributed by atoms with Gasteiger partial charge in [-0.15, -0.1) is 0 Å². The number of nitrogens with zero attached hydrogens (tertiary/aromatic N) is 2. The molecule has 13 heteroatoms. The van der Waals surface area contributed by atoms with Crippen LogP contribution in [0.15, 0.2) is 51.8 Å². The van der Waals surface area contributed by atoms with Crippen LogP contribution >= 0.6 is 23.1 Å². The molecule has 3 rings (SSSR count). The summed E-state index contributed by atoms with van der Waals surface area (Å²) in [6, 6.07) is 10.7. The number of rotatable bonds is 11. The third-order valence-corrected chi connectivity index (χ3v) is 8.01. The van der Waals surface area contributed by atoms with Crippen LogP contribution in [0, 0.1) is 12.8 Å². The fraction of sp³-hybridized carbons (Fsp3) is 0.333. The van der Waals surface area contributed by atoms with E-state index in [9.17, 15) is 18.0 Å². The second-order valence-corrected chi connectivity index (χ2v) is 13.1. The highest BCUT2D eigenvalue weighted by Gasteiger charge is 2.27. The number of pyridine rings is 1. The Kier molecular flexibility index (Phi) is 9.65. The van der Waals surface area contributed by atoms with Crippen LogP contribution in [-0.4, -0.2) is 43.1 Å². The molecule has 0 aliphatic rings. The van der Waals surface area contributed by atoms with Crippen LogP contribution in [0.1, 0.15) is 36.9 Å². The fourth-order valence-electron chi connectivity index (χ4n) is 2.94.